The summed E-state index contributed by atoms with van der Waals surface area (Å²) in [6.07, 6.45) is 1.14. The van der Waals surface area contributed by atoms with Crippen molar-refractivity contribution in [3.05, 3.63) is 83.9 Å². The number of ether oxygens (including phenoxy) is 1. The number of para-hydroxylation sites is 1. The maximum Gasteiger partial charge on any atom is 0.262 e. The first kappa shape index (κ1) is 26.2. The maximum atomic E-state index is 12.6. The van der Waals surface area contributed by atoms with Gasteiger partial charge in [0.1, 0.15) is 5.75 Å². The minimum atomic E-state index is -3.77. The molecule has 9 nitrogen and oxygen atoms in total. The highest BCUT2D eigenvalue weighted by Crippen LogP contribution is 2.21. The van der Waals surface area contributed by atoms with E-state index in [9.17, 15) is 21.6 Å². The first-order valence-electron chi connectivity index (χ1n) is 10.6. The minimum absolute atomic E-state index is 0.0663. The molecule has 0 saturated carbocycles. The molecule has 0 atom stereocenters. The van der Waals surface area contributed by atoms with Crippen molar-refractivity contribution in [1.82, 2.24) is 4.31 Å². The minimum Gasteiger partial charge on any atom is -0.484 e. The number of sulfonamides is 2. The number of carbonyl (C=O) groups is 1. The highest BCUT2D eigenvalue weighted by molar-refractivity contribution is 7.92. The predicted molar refractivity (Wildman–Crippen MR) is 135 cm³/mol. The van der Waals surface area contributed by atoms with Crippen LogP contribution >= 0.6 is 0 Å². The number of benzene rings is 3. The largest absolute Gasteiger partial charge is 0.484 e. The highest BCUT2D eigenvalue weighted by atomic mass is 32.2. The first-order valence-corrected chi connectivity index (χ1v) is 13.9. The SMILES string of the molecule is Cc1ccccc1NS(=O)(=O)c1ccc(NC(=O)COc2ccc(CN(C)S(C)(=O)=O)cc2)cc1. The van der Waals surface area contributed by atoms with Crippen LogP contribution in [-0.4, -0.2) is 47.0 Å². The van der Waals surface area contributed by atoms with Crippen LogP contribution in [0.4, 0.5) is 11.4 Å². The number of carbonyl (C=O) groups excluding carboxylic acids is 1. The van der Waals surface area contributed by atoms with E-state index in [1.807, 2.05) is 19.1 Å². The number of hydrogen-bond donors (Lipinski definition) is 2. The standard InChI is InChI=1S/C24H27N3O6S2/c1-18-6-4-5-7-23(18)26-35(31,32)22-14-10-20(11-15-22)25-24(28)17-33-21-12-8-19(9-13-21)16-27(2)34(3,29)30/h4-15,26H,16-17H2,1-3H3,(H,25,28). The van der Waals surface area contributed by atoms with Crippen molar-refractivity contribution in [3.8, 4) is 5.75 Å². The molecule has 2 N–H and O–H groups in total. The Hall–Kier alpha value is -3.41. The van der Waals surface area contributed by atoms with Crippen molar-refractivity contribution < 1.29 is 26.4 Å². The van der Waals surface area contributed by atoms with Gasteiger partial charge in [-0.1, -0.05) is 30.3 Å². The van der Waals surface area contributed by atoms with Gasteiger partial charge < -0.3 is 10.1 Å². The van der Waals surface area contributed by atoms with Crippen LogP contribution < -0.4 is 14.8 Å². The van der Waals surface area contributed by atoms with Crippen LogP contribution in [-0.2, 0) is 31.4 Å². The summed E-state index contributed by atoms with van der Waals surface area (Å²) in [5, 5.41) is 2.65. The third kappa shape index (κ3) is 7.54. The fourth-order valence-electron chi connectivity index (χ4n) is 3.02. The van der Waals surface area contributed by atoms with E-state index in [1.165, 1.54) is 35.6 Å². The van der Waals surface area contributed by atoms with Crippen LogP contribution in [0.2, 0.25) is 0 Å². The zero-order chi connectivity index (χ0) is 25.6. The zero-order valence-electron chi connectivity index (χ0n) is 19.6. The van der Waals surface area contributed by atoms with Crippen LogP contribution in [0.1, 0.15) is 11.1 Å². The summed E-state index contributed by atoms with van der Waals surface area (Å²) in [7, 11) is -5.56. The number of aryl methyl sites for hydroxylation is 1. The van der Waals surface area contributed by atoms with E-state index in [0.29, 0.717) is 17.1 Å². The number of anilines is 2. The summed E-state index contributed by atoms with van der Waals surface area (Å²) in [4.78, 5) is 12.3. The van der Waals surface area contributed by atoms with Gasteiger partial charge in [0.25, 0.3) is 15.9 Å². The number of nitrogens with one attached hydrogen (secondary N) is 2. The molecule has 1 amide bonds. The lowest BCUT2D eigenvalue weighted by molar-refractivity contribution is -0.118. The Morgan fingerprint density at radius 1 is 0.914 bits per heavy atom. The molecule has 0 aliphatic carbocycles. The van der Waals surface area contributed by atoms with E-state index in [0.717, 1.165) is 17.4 Å². The van der Waals surface area contributed by atoms with E-state index in [1.54, 1.807) is 36.4 Å². The molecular weight excluding hydrogens is 490 g/mol. The average molecular weight is 518 g/mol. The van der Waals surface area contributed by atoms with E-state index in [-0.39, 0.29) is 18.0 Å². The van der Waals surface area contributed by atoms with Crippen molar-refractivity contribution in [3.63, 3.8) is 0 Å². The predicted octanol–water partition coefficient (Wildman–Crippen LogP) is 3.20. The second-order valence-electron chi connectivity index (χ2n) is 7.94. The highest BCUT2D eigenvalue weighted by Gasteiger charge is 2.15. The van der Waals surface area contributed by atoms with Crippen LogP contribution in [0.25, 0.3) is 0 Å². The Balaban J connectivity index is 1.53. The summed E-state index contributed by atoms with van der Waals surface area (Å²) >= 11 is 0. The number of hydrogen-bond acceptors (Lipinski definition) is 6. The van der Waals surface area contributed by atoms with Gasteiger partial charge in [-0.2, -0.15) is 0 Å². The maximum absolute atomic E-state index is 12.6. The van der Waals surface area contributed by atoms with E-state index in [2.05, 4.69) is 10.0 Å². The van der Waals surface area contributed by atoms with Gasteiger partial charge in [-0.25, -0.2) is 21.1 Å². The molecule has 11 heteroatoms. The molecule has 0 spiro atoms. The Bertz CT molecular complexity index is 1390. The van der Waals surface area contributed by atoms with Crippen molar-refractivity contribution in [2.75, 3.05) is 29.9 Å². The summed E-state index contributed by atoms with van der Waals surface area (Å²) in [6, 6.07) is 19.6. The molecule has 0 heterocycles. The molecule has 0 aliphatic heterocycles. The van der Waals surface area contributed by atoms with Crippen LogP contribution in [0.3, 0.4) is 0 Å². The molecule has 186 valence electrons. The zero-order valence-corrected chi connectivity index (χ0v) is 21.2. The fourth-order valence-corrected chi connectivity index (χ4v) is 4.53. The molecule has 0 unspecified atom stereocenters. The summed E-state index contributed by atoms with van der Waals surface area (Å²) in [5.74, 6) is 0.0363. The number of rotatable bonds is 10. The van der Waals surface area contributed by atoms with Crippen molar-refractivity contribution >= 4 is 37.3 Å². The van der Waals surface area contributed by atoms with Gasteiger partial charge in [0.2, 0.25) is 10.0 Å². The van der Waals surface area contributed by atoms with Gasteiger partial charge >= 0.3 is 0 Å². The molecule has 0 aromatic heterocycles. The molecular formula is C24H27N3O6S2. The molecule has 3 rings (SSSR count). The van der Waals surface area contributed by atoms with Crippen LogP contribution in [0.15, 0.2) is 77.7 Å². The Morgan fingerprint density at radius 3 is 2.14 bits per heavy atom. The lowest BCUT2D eigenvalue weighted by Crippen LogP contribution is -2.24. The fraction of sp³-hybridized carbons (Fsp3) is 0.208. The molecule has 0 radical (unpaired) electrons. The summed E-state index contributed by atoms with van der Waals surface area (Å²) < 4.78 is 57.5. The van der Waals surface area contributed by atoms with Gasteiger partial charge in [0.15, 0.2) is 6.61 Å². The lowest BCUT2D eigenvalue weighted by Gasteiger charge is -2.14. The van der Waals surface area contributed by atoms with E-state index in [4.69, 9.17) is 4.74 Å². The topological polar surface area (TPSA) is 122 Å². The second kappa shape index (κ2) is 10.9. The third-order valence-corrected chi connectivity index (χ3v) is 7.75. The normalized spacial score (nSPS) is 11.8. The molecule has 0 saturated heterocycles. The second-order valence-corrected chi connectivity index (χ2v) is 11.7. The van der Waals surface area contributed by atoms with E-state index < -0.39 is 26.0 Å². The molecule has 3 aromatic rings. The number of nitrogens with zero attached hydrogens (tertiary/aromatic N) is 1. The first-order chi connectivity index (χ1) is 16.4. The third-order valence-electron chi connectivity index (χ3n) is 5.10. The van der Waals surface area contributed by atoms with Crippen LogP contribution in [0, 0.1) is 6.92 Å². The molecule has 35 heavy (non-hydrogen) atoms. The molecule has 0 fully saturated rings. The Labute approximate surface area is 205 Å². The van der Waals surface area contributed by atoms with Crippen molar-refractivity contribution in [2.45, 2.75) is 18.4 Å². The molecule has 0 bridgehead atoms. The van der Waals surface area contributed by atoms with Gasteiger partial charge in [0.05, 0.1) is 16.8 Å². The van der Waals surface area contributed by atoms with E-state index >= 15 is 0 Å². The van der Waals surface area contributed by atoms with Crippen molar-refractivity contribution in [2.24, 2.45) is 0 Å². The summed E-state index contributed by atoms with van der Waals surface area (Å²) in [6.45, 7) is 1.79. The summed E-state index contributed by atoms with van der Waals surface area (Å²) in [5.41, 5.74) is 2.50. The molecule has 0 aliphatic rings. The monoisotopic (exact) mass is 517 g/mol. The molecule has 3 aromatic carbocycles. The number of amides is 1. The average Bonchev–Trinajstić information content (AvgIpc) is 2.80. The van der Waals surface area contributed by atoms with Gasteiger partial charge in [-0.15, -0.1) is 0 Å². The van der Waals surface area contributed by atoms with Crippen LogP contribution in [0.5, 0.6) is 5.75 Å². The quantitative estimate of drug-likeness (QED) is 0.426. The van der Waals surface area contributed by atoms with Gasteiger partial charge in [0, 0.05) is 19.3 Å². The van der Waals surface area contributed by atoms with Gasteiger partial charge in [-0.3, -0.25) is 9.52 Å². The lowest BCUT2D eigenvalue weighted by atomic mass is 10.2. The van der Waals surface area contributed by atoms with Gasteiger partial charge in [-0.05, 0) is 60.5 Å². The van der Waals surface area contributed by atoms with Crippen molar-refractivity contribution in [1.29, 1.82) is 0 Å². The Kier molecular flexibility index (Phi) is 8.15. The Morgan fingerprint density at radius 2 is 1.54 bits per heavy atom. The smallest absolute Gasteiger partial charge is 0.262 e.